The summed E-state index contributed by atoms with van der Waals surface area (Å²) in [5.74, 6) is 0. The third-order valence-electron chi connectivity index (χ3n) is 3.05. The molecule has 0 saturated heterocycles. The summed E-state index contributed by atoms with van der Waals surface area (Å²) in [6, 6.07) is 7.43. The molecule has 2 N–H and O–H groups in total. The van der Waals surface area contributed by atoms with Crippen molar-refractivity contribution in [1.29, 1.82) is 0 Å². The van der Waals surface area contributed by atoms with Crippen LogP contribution in [0.25, 0.3) is 11.0 Å². The lowest BCUT2D eigenvalue weighted by molar-refractivity contribution is 0.737. The topological polar surface area (TPSA) is 78.7 Å². The van der Waals surface area contributed by atoms with Crippen molar-refractivity contribution in [3.63, 3.8) is 0 Å². The predicted octanol–water partition coefficient (Wildman–Crippen LogP) is 0.760. The van der Waals surface area contributed by atoms with E-state index < -0.39 is 0 Å². The molecule has 2 heterocycles. The highest BCUT2D eigenvalue weighted by molar-refractivity contribution is 5.72. The highest BCUT2D eigenvalue weighted by Gasteiger charge is 2.08. The Labute approximate surface area is 109 Å². The van der Waals surface area contributed by atoms with Crippen LogP contribution in [0.1, 0.15) is 5.56 Å². The Morgan fingerprint density at radius 1 is 1.26 bits per heavy atom. The summed E-state index contributed by atoms with van der Waals surface area (Å²) in [6.07, 6.45) is 3.09. The molecule has 0 fully saturated rings. The number of nitrogens with two attached hydrogens (primary N) is 1. The molecule has 0 radical (unpaired) electrons. The quantitative estimate of drug-likeness (QED) is 0.686. The van der Waals surface area contributed by atoms with Crippen LogP contribution in [0.4, 0.5) is 5.69 Å². The summed E-state index contributed by atoms with van der Waals surface area (Å²) in [5, 5.41) is 4.57. The minimum absolute atomic E-state index is 0.0880. The maximum absolute atomic E-state index is 12.3. The molecule has 0 unspecified atom stereocenters. The normalized spacial score (nSPS) is 11.0. The van der Waals surface area contributed by atoms with Gasteiger partial charge in [0.15, 0.2) is 5.65 Å². The van der Waals surface area contributed by atoms with Gasteiger partial charge in [0, 0.05) is 12.7 Å². The second-order valence-corrected chi connectivity index (χ2v) is 4.42. The van der Waals surface area contributed by atoms with Crippen LogP contribution in [0.5, 0.6) is 0 Å². The molecular formula is C13H13N5O. The van der Waals surface area contributed by atoms with Gasteiger partial charge in [-0.25, -0.2) is 4.98 Å². The lowest BCUT2D eigenvalue weighted by atomic mass is 10.2. The Morgan fingerprint density at radius 3 is 2.74 bits per heavy atom. The first-order valence-corrected chi connectivity index (χ1v) is 5.87. The van der Waals surface area contributed by atoms with Gasteiger partial charge in [-0.3, -0.25) is 14.0 Å². The molecule has 0 aliphatic heterocycles. The second kappa shape index (κ2) is 4.24. The molecule has 3 rings (SSSR count). The molecule has 0 bridgehead atoms. The largest absolute Gasteiger partial charge is 0.399 e. The van der Waals surface area contributed by atoms with E-state index in [0.29, 0.717) is 23.3 Å². The average Bonchev–Trinajstić information content (AvgIpc) is 2.78. The van der Waals surface area contributed by atoms with E-state index in [-0.39, 0.29) is 5.56 Å². The van der Waals surface area contributed by atoms with E-state index in [2.05, 4.69) is 10.1 Å². The third-order valence-corrected chi connectivity index (χ3v) is 3.05. The number of benzene rings is 1. The Bertz CT molecular complexity index is 785. The monoisotopic (exact) mass is 255 g/mol. The molecule has 0 aliphatic rings. The van der Waals surface area contributed by atoms with Crippen molar-refractivity contribution in [2.24, 2.45) is 7.05 Å². The number of aryl methyl sites for hydroxylation is 1. The highest BCUT2D eigenvalue weighted by Crippen LogP contribution is 2.08. The molecule has 6 heteroatoms. The van der Waals surface area contributed by atoms with E-state index in [9.17, 15) is 4.79 Å². The molecule has 3 aromatic rings. The summed E-state index contributed by atoms with van der Waals surface area (Å²) in [6.45, 7) is 0.469. The summed E-state index contributed by atoms with van der Waals surface area (Å²) in [7, 11) is 1.76. The zero-order chi connectivity index (χ0) is 13.4. The first-order valence-electron chi connectivity index (χ1n) is 5.87. The Kier molecular flexibility index (Phi) is 2.56. The number of hydrogen-bond donors (Lipinski definition) is 1. The lowest BCUT2D eigenvalue weighted by Gasteiger charge is -2.05. The summed E-state index contributed by atoms with van der Waals surface area (Å²) in [4.78, 5) is 16.5. The maximum atomic E-state index is 12.3. The molecule has 0 saturated carbocycles. The van der Waals surface area contributed by atoms with Gasteiger partial charge in [-0.05, 0) is 17.7 Å². The van der Waals surface area contributed by atoms with Crippen LogP contribution >= 0.6 is 0 Å². The molecule has 0 spiro atoms. The van der Waals surface area contributed by atoms with Gasteiger partial charge >= 0.3 is 0 Å². The Hall–Kier alpha value is -2.63. The van der Waals surface area contributed by atoms with E-state index in [1.54, 1.807) is 28.8 Å². The van der Waals surface area contributed by atoms with Crippen LogP contribution in [0, 0.1) is 0 Å². The maximum Gasteiger partial charge on any atom is 0.264 e. The second-order valence-electron chi connectivity index (χ2n) is 4.42. The number of nitrogen functional groups attached to an aromatic ring is 1. The number of anilines is 1. The van der Waals surface area contributed by atoms with Crippen molar-refractivity contribution in [3.05, 3.63) is 52.7 Å². The number of nitrogens with zero attached hydrogens (tertiary/aromatic N) is 4. The first kappa shape index (κ1) is 11.5. The fourth-order valence-electron chi connectivity index (χ4n) is 2.00. The predicted molar refractivity (Wildman–Crippen MR) is 72.7 cm³/mol. The van der Waals surface area contributed by atoms with Gasteiger partial charge in [0.1, 0.15) is 11.7 Å². The zero-order valence-electron chi connectivity index (χ0n) is 10.4. The van der Waals surface area contributed by atoms with Crippen LogP contribution in [-0.4, -0.2) is 19.3 Å². The van der Waals surface area contributed by atoms with Crippen LogP contribution in [0.3, 0.4) is 0 Å². The standard InChI is InChI=1S/C13H13N5O/c1-17-12-11(6-16-17)13(19)18(8-15-12)7-9-2-4-10(14)5-3-9/h2-6,8H,7,14H2,1H3. The molecule has 0 aliphatic carbocycles. The molecule has 0 atom stereocenters. The smallest absolute Gasteiger partial charge is 0.264 e. The van der Waals surface area contributed by atoms with Crippen LogP contribution in [-0.2, 0) is 13.6 Å². The zero-order valence-corrected chi connectivity index (χ0v) is 10.4. The molecule has 0 amide bonds. The van der Waals surface area contributed by atoms with Gasteiger partial charge in [0.05, 0.1) is 12.7 Å². The minimum atomic E-state index is -0.0880. The van der Waals surface area contributed by atoms with Crippen molar-refractivity contribution >= 4 is 16.7 Å². The van der Waals surface area contributed by atoms with Gasteiger partial charge in [-0.1, -0.05) is 12.1 Å². The van der Waals surface area contributed by atoms with E-state index in [1.165, 1.54) is 0 Å². The van der Waals surface area contributed by atoms with Crippen LogP contribution in [0.15, 0.2) is 41.6 Å². The molecular weight excluding hydrogens is 242 g/mol. The minimum Gasteiger partial charge on any atom is -0.399 e. The van der Waals surface area contributed by atoms with Gasteiger partial charge in [-0.15, -0.1) is 0 Å². The van der Waals surface area contributed by atoms with Crippen molar-refractivity contribution in [3.8, 4) is 0 Å². The summed E-state index contributed by atoms with van der Waals surface area (Å²) < 4.78 is 3.15. The number of rotatable bonds is 2. The fraction of sp³-hybridized carbons (Fsp3) is 0.154. The van der Waals surface area contributed by atoms with Crippen LogP contribution in [0.2, 0.25) is 0 Å². The van der Waals surface area contributed by atoms with E-state index in [1.807, 2.05) is 24.3 Å². The highest BCUT2D eigenvalue weighted by atomic mass is 16.1. The molecule has 2 aromatic heterocycles. The van der Waals surface area contributed by atoms with Crippen molar-refractivity contribution in [2.75, 3.05) is 5.73 Å². The molecule has 96 valence electrons. The lowest BCUT2D eigenvalue weighted by Crippen LogP contribution is -2.21. The Balaban J connectivity index is 2.04. The molecule has 19 heavy (non-hydrogen) atoms. The van der Waals surface area contributed by atoms with E-state index >= 15 is 0 Å². The van der Waals surface area contributed by atoms with E-state index in [4.69, 9.17) is 5.73 Å². The SMILES string of the molecule is Cn1ncc2c(=O)n(Cc3ccc(N)cc3)cnc21. The number of fused-ring (bicyclic) bond motifs is 1. The molecule has 1 aromatic carbocycles. The van der Waals surface area contributed by atoms with Crippen LogP contribution < -0.4 is 11.3 Å². The summed E-state index contributed by atoms with van der Waals surface area (Å²) in [5.41, 5.74) is 7.85. The van der Waals surface area contributed by atoms with Gasteiger partial charge in [0.25, 0.3) is 5.56 Å². The van der Waals surface area contributed by atoms with Crippen molar-refractivity contribution < 1.29 is 0 Å². The van der Waals surface area contributed by atoms with Crippen molar-refractivity contribution in [1.82, 2.24) is 19.3 Å². The molecule has 6 nitrogen and oxygen atoms in total. The van der Waals surface area contributed by atoms with E-state index in [0.717, 1.165) is 5.56 Å². The number of hydrogen-bond acceptors (Lipinski definition) is 4. The Morgan fingerprint density at radius 2 is 2.00 bits per heavy atom. The van der Waals surface area contributed by atoms with Gasteiger partial charge < -0.3 is 5.73 Å². The number of aromatic nitrogens is 4. The fourth-order valence-corrected chi connectivity index (χ4v) is 2.00. The van der Waals surface area contributed by atoms with Gasteiger partial charge in [-0.2, -0.15) is 5.10 Å². The van der Waals surface area contributed by atoms with Crippen molar-refractivity contribution in [2.45, 2.75) is 6.54 Å². The first-order chi connectivity index (χ1) is 9.15. The summed E-state index contributed by atoms with van der Waals surface area (Å²) >= 11 is 0. The third kappa shape index (κ3) is 1.97. The average molecular weight is 255 g/mol. The van der Waals surface area contributed by atoms with Gasteiger partial charge in [0.2, 0.25) is 0 Å².